The molecular formula is C43H70O6. The van der Waals surface area contributed by atoms with Crippen molar-refractivity contribution in [2.24, 2.45) is 0 Å². The number of esters is 3. The molecule has 1 atom stereocenters. The summed E-state index contributed by atoms with van der Waals surface area (Å²) in [4.78, 5) is 37.4. The molecule has 0 N–H and O–H groups in total. The highest BCUT2D eigenvalue weighted by molar-refractivity contribution is 5.71. The zero-order valence-electron chi connectivity index (χ0n) is 31.4. The zero-order chi connectivity index (χ0) is 35.9. The molecule has 6 nitrogen and oxygen atoms in total. The van der Waals surface area contributed by atoms with Gasteiger partial charge in [-0.3, -0.25) is 14.4 Å². The fourth-order valence-corrected chi connectivity index (χ4v) is 4.72. The van der Waals surface area contributed by atoms with E-state index in [9.17, 15) is 14.4 Å². The fraction of sp³-hybridized carbons (Fsp3) is 0.651. The summed E-state index contributed by atoms with van der Waals surface area (Å²) in [6, 6.07) is 0. The Morgan fingerprint density at radius 1 is 0.449 bits per heavy atom. The second kappa shape index (κ2) is 37.7. The van der Waals surface area contributed by atoms with E-state index < -0.39 is 6.10 Å². The van der Waals surface area contributed by atoms with Gasteiger partial charge in [-0.25, -0.2) is 0 Å². The number of hydrogen-bond acceptors (Lipinski definition) is 6. The van der Waals surface area contributed by atoms with Gasteiger partial charge in [-0.15, -0.1) is 0 Å². The molecular weight excluding hydrogens is 612 g/mol. The van der Waals surface area contributed by atoms with Crippen LogP contribution in [0.25, 0.3) is 0 Å². The summed E-state index contributed by atoms with van der Waals surface area (Å²) < 4.78 is 16.5. The van der Waals surface area contributed by atoms with Crippen molar-refractivity contribution in [2.75, 3.05) is 13.2 Å². The lowest BCUT2D eigenvalue weighted by Gasteiger charge is -2.18. The maximum absolute atomic E-state index is 12.6. The largest absolute Gasteiger partial charge is 0.462 e. The first-order valence-electron chi connectivity index (χ1n) is 19.5. The van der Waals surface area contributed by atoms with Crippen LogP contribution < -0.4 is 0 Å². The van der Waals surface area contributed by atoms with Crippen molar-refractivity contribution in [1.82, 2.24) is 0 Å². The third-order valence-electron chi connectivity index (χ3n) is 7.72. The van der Waals surface area contributed by atoms with E-state index in [0.29, 0.717) is 12.8 Å². The van der Waals surface area contributed by atoms with Gasteiger partial charge in [-0.2, -0.15) is 0 Å². The van der Waals surface area contributed by atoms with Crippen molar-refractivity contribution in [1.29, 1.82) is 0 Å². The van der Waals surface area contributed by atoms with Crippen molar-refractivity contribution >= 4 is 17.9 Å². The van der Waals surface area contributed by atoms with Gasteiger partial charge in [0.25, 0.3) is 0 Å². The Hall–Kier alpha value is -3.15. The second-order valence-electron chi connectivity index (χ2n) is 12.5. The van der Waals surface area contributed by atoms with Gasteiger partial charge >= 0.3 is 17.9 Å². The highest BCUT2D eigenvalue weighted by Crippen LogP contribution is 2.10. The standard InChI is InChI=1S/C43H70O6/c1-4-7-10-13-16-19-21-24-27-30-33-36-42(45)48-39-40(38-47-41(44)35-32-29-26-23-18-15-12-9-6-3)49-43(46)37-34-31-28-25-22-20-17-14-11-8-5-2/h9,12-14,16-23,40H,4-8,10-11,15,24-39H2,1-3H3/b12-9-,16-13-,17-14-,21-19-,22-20-,23-18-. The topological polar surface area (TPSA) is 78.9 Å². The number of carbonyl (C=O) groups is 3. The molecule has 0 aromatic carbocycles. The number of hydrogen-bond donors (Lipinski definition) is 0. The molecule has 278 valence electrons. The first kappa shape index (κ1) is 45.9. The van der Waals surface area contributed by atoms with Crippen molar-refractivity contribution in [2.45, 2.75) is 168 Å². The van der Waals surface area contributed by atoms with E-state index in [1.807, 2.05) is 0 Å². The van der Waals surface area contributed by atoms with Crippen LogP contribution in [0.4, 0.5) is 0 Å². The van der Waals surface area contributed by atoms with Crippen LogP contribution in [0.15, 0.2) is 72.9 Å². The molecule has 0 aliphatic rings. The normalized spacial score (nSPS) is 12.8. The Morgan fingerprint density at radius 3 is 1.35 bits per heavy atom. The van der Waals surface area contributed by atoms with Gasteiger partial charge in [0.2, 0.25) is 0 Å². The van der Waals surface area contributed by atoms with Crippen molar-refractivity contribution in [3.63, 3.8) is 0 Å². The molecule has 1 unspecified atom stereocenters. The number of ether oxygens (including phenoxy) is 3. The van der Waals surface area contributed by atoms with Crippen LogP contribution in [0.1, 0.15) is 162 Å². The third-order valence-corrected chi connectivity index (χ3v) is 7.72. The first-order valence-corrected chi connectivity index (χ1v) is 19.5. The van der Waals surface area contributed by atoms with Gasteiger partial charge in [-0.1, -0.05) is 132 Å². The smallest absolute Gasteiger partial charge is 0.306 e. The molecule has 6 heteroatoms. The molecule has 0 aliphatic heterocycles. The van der Waals surface area contributed by atoms with E-state index in [0.717, 1.165) is 96.3 Å². The third kappa shape index (κ3) is 36.0. The minimum atomic E-state index is -0.808. The van der Waals surface area contributed by atoms with Crippen LogP contribution >= 0.6 is 0 Å². The van der Waals surface area contributed by atoms with Gasteiger partial charge in [0.1, 0.15) is 13.2 Å². The average molecular weight is 683 g/mol. The van der Waals surface area contributed by atoms with Crippen molar-refractivity contribution in [3.05, 3.63) is 72.9 Å². The van der Waals surface area contributed by atoms with Crippen molar-refractivity contribution in [3.8, 4) is 0 Å². The minimum absolute atomic E-state index is 0.112. The summed E-state index contributed by atoms with van der Waals surface area (Å²) in [7, 11) is 0. The summed E-state index contributed by atoms with van der Waals surface area (Å²) in [5.74, 6) is -1.02. The number of rotatable bonds is 33. The Kier molecular flexibility index (Phi) is 35.2. The van der Waals surface area contributed by atoms with Crippen molar-refractivity contribution < 1.29 is 28.6 Å². The predicted octanol–water partition coefficient (Wildman–Crippen LogP) is 12.0. The summed E-state index contributed by atoms with van der Waals surface area (Å²) in [5, 5.41) is 0. The van der Waals surface area contributed by atoms with Gasteiger partial charge in [0.05, 0.1) is 0 Å². The van der Waals surface area contributed by atoms with E-state index in [1.165, 1.54) is 25.7 Å². The van der Waals surface area contributed by atoms with E-state index in [4.69, 9.17) is 14.2 Å². The molecule has 0 radical (unpaired) electrons. The molecule has 0 rings (SSSR count). The molecule has 0 amide bonds. The van der Waals surface area contributed by atoms with E-state index >= 15 is 0 Å². The molecule has 0 saturated heterocycles. The highest BCUT2D eigenvalue weighted by Gasteiger charge is 2.19. The van der Waals surface area contributed by atoms with Crippen LogP contribution in [-0.4, -0.2) is 37.2 Å². The Labute approximate surface area is 300 Å². The Bertz CT molecular complexity index is 971. The molecule has 0 spiro atoms. The molecule has 49 heavy (non-hydrogen) atoms. The fourth-order valence-electron chi connectivity index (χ4n) is 4.72. The Balaban J connectivity index is 4.53. The first-order chi connectivity index (χ1) is 24.0. The number of allylic oxidation sites excluding steroid dienone is 12. The minimum Gasteiger partial charge on any atom is -0.462 e. The monoisotopic (exact) mass is 683 g/mol. The summed E-state index contributed by atoms with van der Waals surface area (Å²) in [5.41, 5.74) is 0. The number of carbonyl (C=O) groups excluding carboxylic acids is 3. The molecule has 0 aliphatic carbocycles. The highest BCUT2D eigenvalue weighted by atomic mass is 16.6. The second-order valence-corrected chi connectivity index (χ2v) is 12.5. The summed E-state index contributed by atoms with van der Waals surface area (Å²) in [6.07, 6.45) is 44.7. The summed E-state index contributed by atoms with van der Waals surface area (Å²) >= 11 is 0. The van der Waals surface area contributed by atoms with Gasteiger partial charge in [0.15, 0.2) is 6.10 Å². The van der Waals surface area contributed by atoms with Gasteiger partial charge in [-0.05, 0) is 83.5 Å². The average Bonchev–Trinajstić information content (AvgIpc) is 3.10. The van der Waals surface area contributed by atoms with Crippen LogP contribution in [-0.2, 0) is 28.6 Å². The lowest BCUT2D eigenvalue weighted by Crippen LogP contribution is -2.30. The zero-order valence-corrected chi connectivity index (χ0v) is 31.4. The Morgan fingerprint density at radius 2 is 0.857 bits per heavy atom. The van der Waals surface area contributed by atoms with E-state index in [2.05, 4.69) is 93.7 Å². The lowest BCUT2D eigenvalue weighted by molar-refractivity contribution is -0.167. The molecule has 0 aromatic heterocycles. The molecule has 0 heterocycles. The quantitative estimate of drug-likeness (QED) is 0.0225. The van der Waals surface area contributed by atoms with Gasteiger partial charge in [0, 0.05) is 19.3 Å². The lowest BCUT2D eigenvalue weighted by atomic mass is 10.1. The van der Waals surface area contributed by atoms with E-state index in [-0.39, 0.29) is 37.5 Å². The van der Waals surface area contributed by atoms with E-state index in [1.54, 1.807) is 0 Å². The maximum Gasteiger partial charge on any atom is 0.306 e. The molecule has 0 fully saturated rings. The summed E-state index contributed by atoms with van der Waals surface area (Å²) in [6.45, 7) is 6.28. The van der Waals surface area contributed by atoms with Gasteiger partial charge < -0.3 is 14.2 Å². The number of unbranched alkanes of at least 4 members (excludes halogenated alkanes) is 12. The molecule has 0 aromatic rings. The maximum atomic E-state index is 12.6. The molecule has 0 saturated carbocycles. The predicted molar refractivity (Wildman–Crippen MR) is 205 cm³/mol. The van der Waals surface area contributed by atoms with Crippen LogP contribution in [0.5, 0.6) is 0 Å². The van der Waals surface area contributed by atoms with Crippen LogP contribution in [0.2, 0.25) is 0 Å². The van der Waals surface area contributed by atoms with Crippen LogP contribution in [0, 0.1) is 0 Å². The SMILES string of the molecule is CC/C=C\C/C=C\CCCCC(=O)OCC(COC(=O)CCCCC/C=C\C=C/CCCC)OC(=O)CCCCC/C=C\C=C/CCCC. The van der Waals surface area contributed by atoms with Crippen LogP contribution in [0.3, 0.4) is 0 Å². The molecule has 0 bridgehead atoms.